The summed E-state index contributed by atoms with van der Waals surface area (Å²) in [5, 5.41) is 25.7. The van der Waals surface area contributed by atoms with E-state index in [0.717, 1.165) is 0 Å². The van der Waals surface area contributed by atoms with Gasteiger partial charge in [-0.05, 0) is 0 Å². The average molecular weight is 358 g/mol. The molecule has 0 atom stereocenters. The number of carboxylic acids is 1. The molecule has 0 bridgehead atoms. The minimum atomic E-state index is -1.33. The normalized spacial score (nSPS) is 13.8. The fraction of sp³-hybridized carbons (Fsp3) is 0.333. The van der Waals surface area contributed by atoms with Crippen molar-refractivity contribution in [3.8, 4) is 11.5 Å². The third-order valence-electron chi connectivity index (χ3n) is 4.00. The number of H-pyrrole nitrogens is 1. The van der Waals surface area contributed by atoms with E-state index in [1.165, 1.54) is 23.4 Å². The molecule has 1 amide bonds. The number of carboxylic acid groups (broad SMARTS) is 1. The molecular weight excluding hydrogens is 343 g/mol. The summed E-state index contributed by atoms with van der Waals surface area (Å²) in [4.78, 5) is 28.8. The summed E-state index contributed by atoms with van der Waals surface area (Å²) in [6.07, 6.45) is 1.30. The Balaban J connectivity index is 1.69. The molecule has 0 spiro atoms. The van der Waals surface area contributed by atoms with Gasteiger partial charge in [0.05, 0.1) is 0 Å². The molecule has 10 nitrogen and oxygen atoms in total. The van der Waals surface area contributed by atoms with Crippen molar-refractivity contribution in [2.75, 3.05) is 13.1 Å². The summed E-state index contributed by atoms with van der Waals surface area (Å²) < 4.78 is 16.1. The van der Waals surface area contributed by atoms with Crippen LogP contribution in [0.2, 0.25) is 6.32 Å². The van der Waals surface area contributed by atoms with Crippen molar-refractivity contribution >= 4 is 19.0 Å². The van der Waals surface area contributed by atoms with E-state index in [1.807, 2.05) is 0 Å². The predicted octanol–water partition coefficient (Wildman–Crippen LogP) is 0.122. The number of nitrogens with zero attached hydrogens (tertiary/aromatic N) is 3. The first kappa shape index (κ1) is 17.6. The number of aromatic amines is 1. The zero-order valence-electron chi connectivity index (χ0n) is 13.6. The number of carbonyl (C=O) groups is 2. The number of benzene rings is 1. The number of hydrogen-bond donors (Lipinski definition) is 3. The molecule has 1 aromatic heterocycles. The number of aromatic nitrogens is 3. The Morgan fingerprint density at radius 3 is 2.77 bits per heavy atom. The quantitative estimate of drug-likeness (QED) is 0.592. The molecule has 1 aliphatic rings. The van der Waals surface area contributed by atoms with E-state index >= 15 is 0 Å². The third kappa shape index (κ3) is 3.41. The van der Waals surface area contributed by atoms with Crippen molar-refractivity contribution in [2.45, 2.75) is 18.8 Å². The SMILES string of the molecule is O=BCCc1ccc(OC2CN(C(=O)c3nc[nH]n3)C2)c(C(=O)O)c1O. The third-order valence-corrected chi connectivity index (χ3v) is 4.00. The Hall–Kier alpha value is -3.24. The van der Waals surface area contributed by atoms with Crippen molar-refractivity contribution < 1.29 is 29.2 Å². The Morgan fingerprint density at radius 1 is 1.38 bits per heavy atom. The summed E-state index contributed by atoms with van der Waals surface area (Å²) >= 11 is 0. The van der Waals surface area contributed by atoms with E-state index in [9.17, 15) is 24.5 Å². The van der Waals surface area contributed by atoms with Crippen molar-refractivity contribution in [2.24, 2.45) is 0 Å². The van der Waals surface area contributed by atoms with Gasteiger partial charge < -0.3 is 0 Å². The molecule has 2 aromatic rings. The fourth-order valence-electron chi connectivity index (χ4n) is 2.65. The van der Waals surface area contributed by atoms with Gasteiger partial charge in [-0.3, -0.25) is 5.10 Å². The number of ether oxygens (including phenoxy) is 1. The van der Waals surface area contributed by atoms with Crippen LogP contribution in [-0.4, -0.2) is 68.5 Å². The average Bonchev–Trinajstić information content (AvgIpc) is 3.10. The molecule has 0 radical (unpaired) electrons. The van der Waals surface area contributed by atoms with E-state index in [1.54, 1.807) is 0 Å². The number of aromatic carboxylic acids is 1. The van der Waals surface area contributed by atoms with Crippen molar-refractivity contribution in [3.63, 3.8) is 0 Å². The molecule has 1 aromatic carbocycles. The number of carbonyl (C=O) groups excluding carboxylic acids is 1. The van der Waals surface area contributed by atoms with Crippen LogP contribution in [0.1, 0.15) is 26.5 Å². The Labute approximate surface area is 148 Å². The number of aryl methyl sites for hydroxylation is 1. The predicted molar refractivity (Wildman–Crippen MR) is 86.7 cm³/mol. The first-order valence-electron chi connectivity index (χ1n) is 7.84. The molecule has 1 fully saturated rings. The zero-order chi connectivity index (χ0) is 18.7. The number of likely N-dealkylation sites (tertiary alicyclic amines) is 1. The van der Waals surface area contributed by atoms with Crippen LogP contribution >= 0.6 is 0 Å². The standard InChI is InChI=1S/C15H15BN4O6/c21-12-8(3-4-16-25)1-2-10(11(12)15(23)24)26-9-5-20(6-9)14(22)13-17-7-18-19-13/h1-2,7,9,21H,3-6H2,(H,23,24)(H,17,18,19). The molecule has 2 heterocycles. The van der Waals surface area contributed by atoms with Crippen molar-refractivity contribution in [3.05, 3.63) is 35.4 Å². The van der Waals surface area contributed by atoms with Gasteiger partial charge in [-0.25, -0.2) is 4.98 Å². The van der Waals surface area contributed by atoms with Crippen LogP contribution in [0.15, 0.2) is 18.5 Å². The molecule has 0 aliphatic carbocycles. The van der Waals surface area contributed by atoms with Gasteiger partial charge in [0.1, 0.15) is 6.33 Å². The number of aromatic hydroxyl groups is 1. The summed E-state index contributed by atoms with van der Waals surface area (Å²) in [7, 11) is 0.693. The van der Waals surface area contributed by atoms with Crippen LogP contribution in [0.5, 0.6) is 11.5 Å². The first-order valence-corrected chi connectivity index (χ1v) is 7.84. The van der Waals surface area contributed by atoms with E-state index in [4.69, 9.17) is 4.74 Å². The molecule has 0 unspecified atom stereocenters. The number of amides is 1. The van der Waals surface area contributed by atoms with Gasteiger partial charge >= 0.3 is 126 Å². The first-order chi connectivity index (χ1) is 12.5. The Kier molecular flexibility index (Phi) is 4.96. The van der Waals surface area contributed by atoms with Crippen LogP contribution in [0.25, 0.3) is 0 Å². The van der Waals surface area contributed by atoms with E-state index < -0.39 is 17.8 Å². The molecule has 1 aliphatic heterocycles. The summed E-state index contributed by atoms with van der Waals surface area (Å²) in [6, 6.07) is 2.97. The van der Waals surface area contributed by atoms with Gasteiger partial charge in [-0.1, -0.05) is 0 Å². The molecule has 0 saturated carbocycles. The number of phenols is 1. The van der Waals surface area contributed by atoms with Gasteiger partial charge in [0, 0.05) is 0 Å². The number of nitrogens with one attached hydrogen (secondary N) is 1. The monoisotopic (exact) mass is 358 g/mol. The minimum absolute atomic E-state index is 0.0137. The molecule has 26 heavy (non-hydrogen) atoms. The van der Waals surface area contributed by atoms with Gasteiger partial charge in [-0.2, -0.15) is 0 Å². The Morgan fingerprint density at radius 2 is 2.15 bits per heavy atom. The maximum absolute atomic E-state index is 12.0. The second kappa shape index (κ2) is 7.34. The summed E-state index contributed by atoms with van der Waals surface area (Å²) in [5.74, 6) is -2.04. The van der Waals surface area contributed by atoms with Crippen molar-refractivity contribution in [1.29, 1.82) is 0 Å². The van der Waals surface area contributed by atoms with E-state index in [2.05, 4.69) is 15.2 Å². The van der Waals surface area contributed by atoms with Gasteiger partial charge in [0.15, 0.2) is 0 Å². The Bertz CT molecular complexity index is 835. The molecular formula is C15H15BN4O6. The summed E-state index contributed by atoms with van der Waals surface area (Å²) in [6.45, 7) is 0.500. The van der Waals surface area contributed by atoms with Crippen molar-refractivity contribution in [1.82, 2.24) is 20.1 Å². The number of hydrogen-bond acceptors (Lipinski definition) is 7. The second-order valence-electron chi connectivity index (χ2n) is 5.73. The molecule has 3 N–H and O–H groups in total. The second-order valence-corrected chi connectivity index (χ2v) is 5.73. The molecule has 11 heteroatoms. The van der Waals surface area contributed by atoms with Crippen LogP contribution < -0.4 is 4.74 Å². The molecule has 134 valence electrons. The van der Waals surface area contributed by atoms with Gasteiger partial charge in [-0.15, -0.1) is 5.10 Å². The van der Waals surface area contributed by atoms with E-state index in [-0.39, 0.29) is 48.9 Å². The van der Waals surface area contributed by atoms with Crippen LogP contribution in [0.4, 0.5) is 0 Å². The topological polar surface area (TPSA) is 146 Å². The maximum atomic E-state index is 12.0. The number of rotatable bonds is 7. The molecule has 3 rings (SSSR count). The van der Waals surface area contributed by atoms with Gasteiger partial charge in [0.2, 0.25) is 0 Å². The fourth-order valence-corrected chi connectivity index (χ4v) is 2.65. The van der Waals surface area contributed by atoms with Crippen LogP contribution in [0, 0.1) is 0 Å². The van der Waals surface area contributed by atoms with Crippen LogP contribution in [-0.2, 0) is 11.1 Å². The van der Waals surface area contributed by atoms with E-state index in [0.29, 0.717) is 12.7 Å². The van der Waals surface area contributed by atoms with Gasteiger partial charge in [0.25, 0.3) is 0 Å². The van der Waals surface area contributed by atoms with Crippen LogP contribution in [0.3, 0.4) is 0 Å². The molecule has 1 saturated heterocycles. The zero-order valence-corrected chi connectivity index (χ0v) is 13.6. The summed E-state index contributed by atoms with van der Waals surface area (Å²) in [5.41, 5.74) is 0.00372.